The van der Waals surface area contributed by atoms with Gasteiger partial charge in [-0.05, 0) is 31.4 Å². The number of nitro benzene ring substituents is 1. The average molecular weight is 279 g/mol. The maximum absolute atomic E-state index is 11.5. The first-order chi connectivity index (χ1) is 9.54. The molecule has 0 saturated carbocycles. The minimum absolute atomic E-state index is 0.121. The van der Waals surface area contributed by atoms with E-state index >= 15 is 0 Å². The van der Waals surface area contributed by atoms with Crippen molar-refractivity contribution in [1.82, 2.24) is 0 Å². The van der Waals surface area contributed by atoms with Crippen molar-refractivity contribution in [2.75, 3.05) is 11.4 Å². The fourth-order valence-electron chi connectivity index (χ4n) is 2.59. The summed E-state index contributed by atoms with van der Waals surface area (Å²) in [5.41, 5.74) is 6.20. The zero-order chi connectivity index (χ0) is 14.7. The van der Waals surface area contributed by atoms with E-state index in [2.05, 4.69) is 0 Å². The lowest BCUT2D eigenvalue weighted by Gasteiger charge is -2.35. The maximum atomic E-state index is 11.5. The van der Waals surface area contributed by atoms with Gasteiger partial charge in [-0.1, -0.05) is 0 Å². The van der Waals surface area contributed by atoms with E-state index in [0.717, 1.165) is 12.8 Å². The van der Waals surface area contributed by atoms with Crippen LogP contribution in [0.1, 0.15) is 24.8 Å². The number of hydrogen-bond acceptors (Lipinski definition) is 5. The predicted molar refractivity (Wildman–Crippen MR) is 73.2 cm³/mol. The molecule has 1 aromatic carbocycles. The number of carbonyl (C=O) groups excluding carboxylic acids is 1. The molecule has 1 unspecified atom stereocenters. The second kappa shape index (κ2) is 5.87. The SMILES string of the molecule is NC(=O)C1CCCCN1c1ccc([N+](=O)[O-])c(CO)c1. The van der Waals surface area contributed by atoms with Gasteiger partial charge in [0.15, 0.2) is 0 Å². The summed E-state index contributed by atoms with van der Waals surface area (Å²) < 4.78 is 0. The van der Waals surface area contributed by atoms with Crippen molar-refractivity contribution in [2.45, 2.75) is 31.9 Å². The Bertz CT molecular complexity index is 532. The molecule has 108 valence electrons. The highest BCUT2D eigenvalue weighted by molar-refractivity contribution is 5.84. The van der Waals surface area contributed by atoms with Gasteiger partial charge in [0.1, 0.15) is 6.04 Å². The molecule has 0 aliphatic carbocycles. The Labute approximate surface area is 116 Å². The van der Waals surface area contributed by atoms with Crippen LogP contribution in [0.2, 0.25) is 0 Å². The Balaban J connectivity index is 2.36. The number of aliphatic hydroxyl groups excluding tert-OH is 1. The molecule has 1 fully saturated rings. The quantitative estimate of drug-likeness (QED) is 0.629. The molecule has 0 radical (unpaired) electrons. The minimum Gasteiger partial charge on any atom is -0.391 e. The highest BCUT2D eigenvalue weighted by atomic mass is 16.6. The molecule has 1 aromatic rings. The lowest BCUT2D eigenvalue weighted by atomic mass is 10.00. The molecule has 7 nitrogen and oxygen atoms in total. The number of hydrogen-bond donors (Lipinski definition) is 2. The topological polar surface area (TPSA) is 110 Å². The number of nitrogens with zero attached hydrogens (tertiary/aromatic N) is 2. The molecule has 1 atom stereocenters. The number of piperidine rings is 1. The van der Waals surface area contributed by atoms with Gasteiger partial charge in [0.25, 0.3) is 5.69 Å². The number of nitro groups is 1. The molecule has 2 rings (SSSR count). The van der Waals surface area contributed by atoms with E-state index in [-0.39, 0.29) is 11.3 Å². The molecule has 0 aromatic heterocycles. The number of anilines is 1. The van der Waals surface area contributed by atoms with Crippen molar-refractivity contribution in [2.24, 2.45) is 5.73 Å². The van der Waals surface area contributed by atoms with Crippen molar-refractivity contribution < 1.29 is 14.8 Å². The van der Waals surface area contributed by atoms with Crippen LogP contribution in [0.15, 0.2) is 18.2 Å². The number of nitrogens with two attached hydrogens (primary N) is 1. The van der Waals surface area contributed by atoms with Crippen LogP contribution in [-0.4, -0.2) is 28.5 Å². The van der Waals surface area contributed by atoms with Gasteiger partial charge in [-0.3, -0.25) is 14.9 Å². The summed E-state index contributed by atoms with van der Waals surface area (Å²) in [5, 5.41) is 20.1. The zero-order valence-corrected chi connectivity index (χ0v) is 11.0. The Morgan fingerprint density at radius 1 is 1.50 bits per heavy atom. The number of rotatable bonds is 4. The molecular formula is C13H17N3O4. The second-order valence-corrected chi connectivity index (χ2v) is 4.84. The molecule has 1 heterocycles. The lowest BCUT2D eigenvalue weighted by Crippen LogP contribution is -2.47. The largest absolute Gasteiger partial charge is 0.391 e. The highest BCUT2D eigenvalue weighted by Crippen LogP contribution is 2.29. The molecule has 1 aliphatic rings. The van der Waals surface area contributed by atoms with E-state index in [1.807, 2.05) is 4.90 Å². The van der Waals surface area contributed by atoms with E-state index < -0.39 is 23.5 Å². The lowest BCUT2D eigenvalue weighted by molar-refractivity contribution is -0.385. The monoisotopic (exact) mass is 279 g/mol. The molecule has 0 bridgehead atoms. The van der Waals surface area contributed by atoms with Gasteiger partial charge in [-0.15, -0.1) is 0 Å². The van der Waals surface area contributed by atoms with Crippen molar-refractivity contribution in [1.29, 1.82) is 0 Å². The van der Waals surface area contributed by atoms with Crippen molar-refractivity contribution in [3.63, 3.8) is 0 Å². The number of amides is 1. The molecule has 1 saturated heterocycles. The Morgan fingerprint density at radius 2 is 2.25 bits per heavy atom. The van der Waals surface area contributed by atoms with Gasteiger partial charge in [0, 0.05) is 18.3 Å². The third-order valence-corrected chi connectivity index (χ3v) is 3.59. The summed E-state index contributed by atoms with van der Waals surface area (Å²) in [5.74, 6) is -0.395. The molecule has 1 aliphatic heterocycles. The van der Waals surface area contributed by atoms with Crippen LogP contribution < -0.4 is 10.6 Å². The summed E-state index contributed by atoms with van der Waals surface area (Å²) in [7, 11) is 0. The standard InChI is InChI=1S/C13H17N3O4/c14-13(18)12-3-1-2-6-15(12)10-4-5-11(16(19)20)9(7-10)8-17/h4-5,7,12,17H,1-3,6,8H2,(H2,14,18). The predicted octanol–water partition coefficient (Wildman–Crippen LogP) is 0.931. The highest BCUT2D eigenvalue weighted by Gasteiger charge is 2.28. The van der Waals surface area contributed by atoms with Crippen LogP contribution in [0.25, 0.3) is 0 Å². The summed E-state index contributed by atoms with van der Waals surface area (Å²) >= 11 is 0. The summed E-state index contributed by atoms with van der Waals surface area (Å²) in [6, 6.07) is 4.11. The molecule has 20 heavy (non-hydrogen) atoms. The third-order valence-electron chi connectivity index (χ3n) is 3.59. The zero-order valence-electron chi connectivity index (χ0n) is 11.0. The number of carbonyl (C=O) groups is 1. The molecule has 0 spiro atoms. The molecular weight excluding hydrogens is 262 g/mol. The van der Waals surface area contributed by atoms with Gasteiger partial charge >= 0.3 is 0 Å². The van der Waals surface area contributed by atoms with E-state index in [0.29, 0.717) is 18.7 Å². The van der Waals surface area contributed by atoms with Crippen LogP contribution in [0.5, 0.6) is 0 Å². The van der Waals surface area contributed by atoms with E-state index in [4.69, 9.17) is 5.73 Å². The van der Waals surface area contributed by atoms with Crippen LogP contribution in [0.4, 0.5) is 11.4 Å². The third kappa shape index (κ3) is 2.72. The van der Waals surface area contributed by atoms with E-state index in [1.54, 1.807) is 12.1 Å². The second-order valence-electron chi connectivity index (χ2n) is 4.84. The minimum atomic E-state index is -0.531. The van der Waals surface area contributed by atoms with Gasteiger partial charge in [0.05, 0.1) is 17.1 Å². The van der Waals surface area contributed by atoms with Crippen LogP contribution in [0.3, 0.4) is 0 Å². The Hall–Kier alpha value is -2.15. The molecule has 3 N–H and O–H groups in total. The Morgan fingerprint density at radius 3 is 2.85 bits per heavy atom. The van der Waals surface area contributed by atoms with Crippen LogP contribution >= 0.6 is 0 Å². The molecule has 1 amide bonds. The first-order valence-electron chi connectivity index (χ1n) is 6.48. The van der Waals surface area contributed by atoms with Gasteiger partial charge in [-0.25, -0.2) is 0 Å². The van der Waals surface area contributed by atoms with Crippen LogP contribution in [0, 0.1) is 10.1 Å². The normalized spacial score (nSPS) is 18.9. The fourth-order valence-corrected chi connectivity index (χ4v) is 2.59. The van der Waals surface area contributed by atoms with Gasteiger partial charge in [0.2, 0.25) is 5.91 Å². The summed E-state index contributed by atoms with van der Waals surface area (Å²) in [6.45, 7) is 0.259. The number of aliphatic hydroxyl groups is 1. The van der Waals surface area contributed by atoms with Crippen LogP contribution in [-0.2, 0) is 11.4 Å². The van der Waals surface area contributed by atoms with E-state index in [9.17, 15) is 20.0 Å². The van der Waals surface area contributed by atoms with Crippen molar-refractivity contribution in [3.05, 3.63) is 33.9 Å². The van der Waals surface area contributed by atoms with Crippen molar-refractivity contribution >= 4 is 17.3 Å². The average Bonchev–Trinajstić information content (AvgIpc) is 2.46. The number of primary amides is 1. The Kier molecular flexibility index (Phi) is 4.19. The smallest absolute Gasteiger partial charge is 0.275 e. The van der Waals surface area contributed by atoms with Gasteiger partial charge in [-0.2, -0.15) is 0 Å². The summed E-state index contributed by atoms with van der Waals surface area (Å²) in [4.78, 5) is 23.7. The molecule has 7 heteroatoms. The van der Waals surface area contributed by atoms with Gasteiger partial charge < -0.3 is 15.7 Å². The summed E-state index contributed by atoms with van der Waals surface area (Å²) in [6.07, 6.45) is 2.56. The maximum Gasteiger partial charge on any atom is 0.275 e. The van der Waals surface area contributed by atoms with Crippen molar-refractivity contribution in [3.8, 4) is 0 Å². The van der Waals surface area contributed by atoms with E-state index in [1.165, 1.54) is 6.07 Å². The number of benzene rings is 1. The first kappa shape index (κ1) is 14.3. The fraction of sp³-hybridized carbons (Fsp3) is 0.462. The first-order valence-corrected chi connectivity index (χ1v) is 6.48.